The van der Waals surface area contributed by atoms with Crippen molar-refractivity contribution >= 4 is 11.8 Å². The molecule has 0 saturated carbocycles. The van der Waals surface area contributed by atoms with Gasteiger partial charge in [0.1, 0.15) is 0 Å². The van der Waals surface area contributed by atoms with Gasteiger partial charge in [-0.05, 0) is 32.6 Å². The number of primary amides is 1. The van der Waals surface area contributed by atoms with E-state index in [9.17, 15) is 9.59 Å². The molecule has 2 fully saturated rings. The number of carbonyl (C=O) groups is 2. The zero-order valence-electron chi connectivity index (χ0n) is 13.6. The SMILES string of the molecule is CC(C)(C(N)=O)N1CCN(C(=O)C(N)C2CCOCC2)CC1. The van der Waals surface area contributed by atoms with E-state index in [1.54, 1.807) is 0 Å². The van der Waals surface area contributed by atoms with Gasteiger partial charge in [-0.2, -0.15) is 0 Å². The first kappa shape index (κ1) is 17.2. The third-order valence-corrected chi connectivity index (χ3v) is 5.04. The fourth-order valence-electron chi connectivity index (χ4n) is 3.13. The van der Waals surface area contributed by atoms with Gasteiger partial charge < -0.3 is 21.1 Å². The Kier molecular flexibility index (Phi) is 5.41. The maximum atomic E-state index is 12.5. The summed E-state index contributed by atoms with van der Waals surface area (Å²) >= 11 is 0. The van der Waals surface area contributed by atoms with Crippen LogP contribution in [-0.4, -0.2) is 72.6 Å². The van der Waals surface area contributed by atoms with Crippen LogP contribution in [0.25, 0.3) is 0 Å². The van der Waals surface area contributed by atoms with E-state index in [1.807, 2.05) is 23.6 Å². The van der Waals surface area contributed by atoms with Gasteiger partial charge in [-0.3, -0.25) is 14.5 Å². The molecule has 22 heavy (non-hydrogen) atoms. The minimum atomic E-state index is -0.683. The van der Waals surface area contributed by atoms with Crippen LogP contribution >= 0.6 is 0 Å². The van der Waals surface area contributed by atoms with Crippen molar-refractivity contribution in [2.24, 2.45) is 17.4 Å². The van der Waals surface area contributed by atoms with Gasteiger partial charge in [0.05, 0.1) is 11.6 Å². The molecule has 0 aromatic rings. The number of ether oxygens (including phenoxy) is 1. The van der Waals surface area contributed by atoms with Crippen LogP contribution in [0.3, 0.4) is 0 Å². The van der Waals surface area contributed by atoms with Crippen molar-refractivity contribution < 1.29 is 14.3 Å². The molecular weight excluding hydrogens is 284 g/mol. The van der Waals surface area contributed by atoms with Gasteiger partial charge in [0.15, 0.2) is 0 Å². The summed E-state index contributed by atoms with van der Waals surface area (Å²) in [5.74, 6) is -0.115. The third-order valence-electron chi connectivity index (χ3n) is 5.04. The number of rotatable bonds is 4. The second-order valence-corrected chi connectivity index (χ2v) is 6.71. The molecule has 0 spiro atoms. The summed E-state index contributed by atoms with van der Waals surface area (Å²) in [7, 11) is 0. The van der Waals surface area contributed by atoms with Crippen LogP contribution in [-0.2, 0) is 14.3 Å². The van der Waals surface area contributed by atoms with Crippen molar-refractivity contribution in [1.29, 1.82) is 0 Å². The zero-order valence-corrected chi connectivity index (χ0v) is 13.6. The van der Waals surface area contributed by atoms with Crippen molar-refractivity contribution in [3.8, 4) is 0 Å². The highest BCUT2D eigenvalue weighted by atomic mass is 16.5. The zero-order chi connectivity index (χ0) is 16.3. The number of nitrogens with two attached hydrogens (primary N) is 2. The van der Waals surface area contributed by atoms with Gasteiger partial charge in [-0.25, -0.2) is 0 Å². The lowest BCUT2D eigenvalue weighted by Crippen LogP contribution is -2.62. The third kappa shape index (κ3) is 3.59. The second kappa shape index (κ2) is 6.93. The molecule has 0 bridgehead atoms. The maximum absolute atomic E-state index is 12.5. The Morgan fingerprint density at radius 2 is 1.68 bits per heavy atom. The molecule has 1 unspecified atom stereocenters. The Morgan fingerprint density at radius 3 is 2.18 bits per heavy atom. The first-order chi connectivity index (χ1) is 10.3. The van der Waals surface area contributed by atoms with Crippen LogP contribution < -0.4 is 11.5 Å². The highest BCUT2D eigenvalue weighted by molar-refractivity contribution is 5.84. The Morgan fingerprint density at radius 1 is 1.14 bits per heavy atom. The first-order valence-electron chi connectivity index (χ1n) is 8.01. The van der Waals surface area contributed by atoms with E-state index >= 15 is 0 Å². The molecule has 7 heteroatoms. The molecule has 2 aliphatic heterocycles. The van der Waals surface area contributed by atoms with Gasteiger partial charge in [0.25, 0.3) is 0 Å². The topological polar surface area (TPSA) is 102 Å². The van der Waals surface area contributed by atoms with Gasteiger partial charge in [-0.1, -0.05) is 0 Å². The number of amides is 2. The van der Waals surface area contributed by atoms with Crippen molar-refractivity contribution in [2.75, 3.05) is 39.4 Å². The highest BCUT2D eigenvalue weighted by Crippen LogP contribution is 2.21. The second-order valence-electron chi connectivity index (χ2n) is 6.71. The fraction of sp³-hybridized carbons (Fsp3) is 0.867. The summed E-state index contributed by atoms with van der Waals surface area (Å²) in [6, 6.07) is -0.445. The molecule has 7 nitrogen and oxygen atoms in total. The number of carbonyl (C=O) groups excluding carboxylic acids is 2. The predicted molar refractivity (Wildman–Crippen MR) is 82.9 cm³/mol. The summed E-state index contributed by atoms with van der Waals surface area (Å²) in [5.41, 5.74) is 10.9. The number of hydrogen-bond acceptors (Lipinski definition) is 5. The number of nitrogens with zero attached hydrogens (tertiary/aromatic N) is 2. The summed E-state index contributed by atoms with van der Waals surface area (Å²) < 4.78 is 5.32. The summed E-state index contributed by atoms with van der Waals surface area (Å²) in [5, 5.41) is 0. The van der Waals surface area contributed by atoms with E-state index in [-0.39, 0.29) is 17.7 Å². The quantitative estimate of drug-likeness (QED) is 0.704. The molecule has 126 valence electrons. The van der Waals surface area contributed by atoms with Crippen molar-refractivity contribution in [3.05, 3.63) is 0 Å². The van der Waals surface area contributed by atoms with Gasteiger partial charge in [-0.15, -0.1) is 0 Å². The molecule has 2 saturated heterocycles. The Hall–Kier alpha value is -1.18. The maximum Gasteiger partial charge on any atom is 0.239 e. The van der Waals surface area contributed by atoms with E-state index in [0.29, 0.717) is 39.4 Å². The van der Waals surface area contributed by atoms with E-state index in [0.717, 1.165) is 12.8 Å². The van der Waals surface area contributed by atoms with Crippen molar-refractivity contribution in [2.45, 2.75) is 38.3 Å². The Balaban J connectivity index is 1.88. The molecule has 0 aromatic heterocycles. The molecule has 2 amide bonds. The lowest BCUT2D eigenvalue weighted by molar-refractivity contribution is -0.138. The molecule has 4 N–H and O–H groups in total. The molecule has 1 atom stereocenters. The van der Waals surface area contributed by atoms with Crippen LogP contribution in [0.5, 0.6) is 0 Å². The lowest BCUT2D eigenvalue weighted by atomic mass is 9.91. The van der Waals surface area contributed by atoms with Crippen LogP contribution in [0, 0.1) is 5.92 Å². The minimum Gasteiger partial charge on any atom is -0.381 e. The molecule has 0 aliphatic carbocycles. The Bertz CT molecular complexity index is 413. The Labute approximate surface area is 131 Å². The monoisotopic (exact) mass is 312 g/mol. The molecule has 2 heterocycles. The van der Waals surface area contributed by atoms with Crippen LogP contribution in [0.4, 0.5) is 0 Å². The summed E-state index contributed by atoms with van der Waals surface area (Å²) in [6.45, 7) is 7.48. The van der Waals surface area contributed by atoms with Crippen molar-refractivity contribution in [1.82, 2.24) is 9.80 Å². The van der Waals surface area contributed by atoms with Crippen LogP contribution in [0.1, 0.15) is 26.7 Å². The standard InChI is InChI=1S/C15H28N4O3/c1-15(2,14(17)21)19-7-5-18(6-8-19)13(20)12(16)11-3-9-22-10-4-11/h11-12H,3-10,16H2,1-2H3,(H2,17,21). The van der Waals surface area contributed by atoms with Crippen LogP contribution in [0.2, 0.25) is 0 Å². The van der Waals surface area contributed by atoms with E-state index in [1.165, 1.54) is 0 Å². The van der Waals surface area contributed by atoms with Gasteiger partial charge in [0, 0.05) is 39.4 Å². The fourth-order valence-corrected chi connectivity index (χ4v) is 3.13. The minimum absolute atomic E-state index is 0.0171. The number of hydrogen-bond donors (Lipinski definition) is 2. The average molecular weight is 312 g/mol. The largest absolute Gasteiger partial charge is 0.381 e. The average Bonchev–Trinajstić information content (AvgIpc) is 2.54. The molecule has 0 radical (unpaired) electrons. The summed E-state index contributed by atoms with van der Waals surface area (Å²) in [4.78, 5) is 27.9. The number of piperazine rings is 1. The molecule has 2 aliphatic rings. The molecular formula is C15H28N4O3. The van der Waals surface area contributed by atoms with E-state index in [2.05, 4.69) is 0 Å². The van der Waals surface area contributed by atoms with Crippen molar-refractivity contribution in [3.63, 3.8) is 0 Å². The van der Waals surface area contributed by atoms with E-state index < -0.39 is 11.6 Å². The van der Waals surface area contributed by atoms with E-state index in [4.69, 9.17) is 16.2 Å². The molecule has 0 aromatic carbocycles. The predicted octanol–water partition coefficient (Wildman–Crippen LogP) is -0.852. The smallest absolute Gasteiger partial charge is 0.239 e. The first-order valence-corrected chi connectivity index (χ1v) is 8.01. The molecule has 2 rings (SSSR count). The van der Waals surface area contributed by atoms with Gasteiger partial charge in [0.2, 0.25) is 11.8 Å². The normalized spacial score (nSPS) is 23.3. The van der Waals surface area contributed by atoms with Gasteiger partial charge >= 0.3 is 0 Å². The highest BCUT2D eigenvalue weighted by Gasteiger charge is 2.37. The summed E-state index contributed by atoms with van der Waals surface area (Å²) in [6.07, 6.45) is 1.70. The van der Waals surface area contributed by atoms with Crippen LogP contribution in [0.15, 0.2) is 0 Å². The lowest BCUT2D eigenvalue weighted by Gasteiger charge is -2.43.